The first-order valence-corrected chi connectivity index (χ1v) is 9.34. The van der Waals surface area contributed by atoms with Crippen LogP contribution in [0.4, 0.5) is 0 Å². The van der Waals surface area contributed by atoms with Gasteiger partial charge in [0.1, 0.15) is 12.7 Å². The highest BCUT2D eigenvalue weighted by Gasteiger charge is 2.53. The van der Waals surface area contributed by atoms with E-state index in [9.17, 15) is 24.0 Å². The van der Waals surface area contributed by atoms with Gasteiger partial charge in [-0.15, -0.1) is 0 Å². The molecule has 0 aromatic rings. The maximum absolute atomic E-state index is 11.7. The number of esters is 5. The summed E-state index contributed by atoms with van der Waals surface area (Å²) in [4.78, 5) is 57.7. The molecule has 1 fully saturated rings. The average molecular weight is 446 g/mol. The summed E-state index contributed by atoms with van der Waals surface area (Å²) in [6.07, 6.45) is -4.70. The highest BCUT2D eigenvalue weighted by atomic mass is 16.7. The van der Waals surface area contributed by atoms with Gasteiger partial charge in [0.05, 0.1) is 18.9 Å². The van der Waals surface area contributed by atoms with Crippen molar-refractivity contribution in [3.05, 3.63) is 12.3 Å². The van der Waals surface area contributed by atoms with E-state index in [-0.39, 0.29) is 13.2 Å². The summed E-state index contributed by atoms with van der Waals surface area (Å²) in [7, 11) is 0. The zero-order valence-electron chi connectivity index (χ0n) is 17.9. The molecule has 5 atom stereocenters. The van der Waals surface area contributed by atoms with Crippen LogP contribution in [-0.4, -0.2) is 73.8 Å². The molecule has 0 N–H and O–H groups in total. The van der Waals surface area contributed by atoms with E-state index < -0.39 is 60.6 Å². The molecule has 0 spiro atoms. The molecule has 1 aliphatic heterocycles. The van der Waals surface area contributed by atoms with E-state index in [1.54, 1.807) is 6.92 Å². The largest absolute Gasteiger partial charge is 0.468 e. The second-order valence-corrected chi connectivity index (χ2v) is 6.26. The second-order valence-electron chi connectivity index (χ2n) is 6.26. The van der Waals surface area contributed by atoms with Crippen LogP contribution in [0.1, 0.15) is 34.6 Å². The number of hydrogen-bond donors (Lipinski definition) is 0. The van der Waals surface area contributed by atoms with Gasteiger partial charge in [-0.3, -0.25) is 19.2 Å². The predicted octanol–water partition coefficient (Wildman–Crippen LogP) is 0.163. The fourth-order valence-corrected chi connectivity index (χ4v) is 2.66. The Labute approximate surface area is 178 Å². The van der Waals surface area contributed by atoms with Gasteiger partial charge < -0.3 is 33.2 Å². The van der Waals surface area contributed by atoms with Gasteiger partial charge in [0.2, 0.25) is 12.4 Å². The summed E-state index contributed by atoms with van der Waals surface area (Å²) in [6, 6.07) is 0. The molecular formula is C19H26O12. The molecule has 0 unspecified atom stereocenters. The smallest absolute Gasteiger partial charge is 0.333 e. The Hall–Kier alpha value is -3.15. The minimum absolute atomic E-state index is 0.141. The van der Waals surface area contributed by atoms with Crippen LogP contribution in [-0.2, 0) is 57.1 Å². The summed E-state index contributed by atoms with van der Waals surface area (Å²) < 4.78 is 36.3. The maximum atomic E-state index is 11.7. The van der Waals surface area contributed by atoms with Crippen molar-refractivity contribution in [1.82, 2.24) is 0 Å². The first-order valence-electron chi connectivity index (χ1n) is 9.34. The Kier molecular flexibility index (Phi) is 10.5. The summed E-state index contributed by atoms with van der Waals surface area (Å²) in [5, 5.41) is 0. The van der Waals surface area contributed by atoms with Crippen LogP contribution in [0.25, 0.3) is 0 Å². The van der Waals surface area contributed by atoms with Crippen LogP contribution in [0.5, 0.6) is 0 Å². The van der Waals surface area contributed by atoms with Crippen molar-refractivity contribution < 1.29 is 57.1 Å². The Bertz CT molecular complexity index is 700. The SMILES string of the molecule is CCOC(=O)/C=C/O[C@@H]1O[C@H](COC(C)=O)[C@@H](OC(C)=O)[C@H](OC(C)=O)[C@H]1OC(C)=O. The third-order valence-corrected chi connectivity index (χ3v) is 3.65. The molecule has 0 saturated carbocycles. The van der Waals surface area contributed by atoms with E-state index in [1.807, 2.05) is 0 Å². The van der Waals surface area contributed by atoms with Crippen molar-refractivity contribution in [1.29, 1.82) is 0 Å². The molecule has 1 heterocycles. The molecule has 1 saturated heterocycles. The van der Waals surface area contributed by atoms with Crippen molar-refractivity contribution in [3.63, 3.8) is 0 Å². The van der Waals surface area contributed by atoms with Crippen LogP contribution in [0.15, 0.2) is 12.3 Å². The van der Waals surface area contributed by atoms with Gasteiger partial charge >= 0.3 is 29.8 Å². The molecule has 12 nitrogen and oxygen atoms in total. The predicted molar refractivity (Wildman–Crippen MR) is 98.8 cm³/mol. The van der Waals surface area contributed by atoms with Crippen LogP contribution in [0.2, 0.25) is 0 Å². The lowest BCUT2D eigenvalue weighted by molar-refractivity contribution is -0.297. The third-order valence-electron chi connectivity index (χ3n) is 3.65. The molecule has 0 aromatic carbocycles. The molecule has 1 aliphatic rings. The zero-order valence-corrected chi connectivity index (χ0v) is 17.9. The molecule has 31 heavy (non-hydrogen) atoms. The van der Waals surface area contributed by atoms with Gasteiger partial charge in [0.15, 0.2) is 12.2 Å². The van der Waals surface area contributed by atoms with Crippen molar-refractivity contribution in [3.8, 4) is 0 Å². The van der Waals surface area contributed by atoms with Gasteiger partial charge in [-0.25, -0.2) is 4.79 Å². The van der Waals surface area contributed by atoms with E-state index in [0.29, 0.717) is 0 Å². The lowest BCUT2D eigenvalue weighted by atomic mass is 9.98. The summed E-state index contributed by atoms with van der Waals surface area (Å²) in [5.74, 6) is -3.63. The zero-order chi connectivity index (χ0) is 23.6. The highest BCUT2D eigenvalue weighted by Crippen LogP contribution is 2.30. The third kappa shape index (κ3) is 9.03. The fraction of sp³-hybridized carbons (Fsp3) is 0.632. The molecule has 1 rings (SSSR count). The van der Waals surface area contributed by atoms with Crippen LogP contribution < -0.4 is 0 Å². The van der Waals surface area contributed by atoms with Crippen molar-refractivity contribution in [2.24, 2.45) is 0 Å². The number of carbonyl (C=O) groups excluding carboxylic acids is 5. The van der Waals surface area contributed by atoms with E-state index in [1.165, 1.54) is 0 Å². The molecule has 0 aromatic heterocycles. The summed E-state index contributed by atoms with van der Waals surface area (Å²) in [5.41, 5.74) is 0. The van der Waals surface area contributed by atoms with Gasteiger partial charge in [-0.05, 0) is 6.92 Å². The number of carbonyl (C=O) groups is 5. The minimum Gasteiger partial charge on any atom is -0.468 e. The quantitative estimate of drug-likeness (QED) is 0.205. The summed E-state index contributed by atoms with van der Waals surface area (Å²) >= 11 is 0. The molecule has 0 amide bonds. The lowest BCUT2D eigenvalue weighted by Gasteiger charge is -2.43. The van der Waals surface area contributed by atoms with Gasteiger partial charge in [-0.2, -0.15) is 0 Å². The molecule has 174 valence electrons. The minimum atomic E-state index is -1.41. The van der Waals surface area contributed by atoms with Gasteiger partial charge in [0.25, 0.3) is 0 Å². The number of hydrogen-bond acceptors (Lipinski definition) is 12. The first kappa shape index (κ1) is 25.9. The van der Waals surface area contributed by atoms with Crippen molar-refractivity contribution in [2.45, 2.75) is 65.3 Å². The Morgan fingerprint density at radius 3 is 1.84 bits per heavy atom. The molecule has 0 radical (unpaired) electrons. The Morgan fingerprint density at radius 2 is 1.32 bits per heavy atom. The van der Waals surface area contributed by atoms with E-state index >= 15 is 0 Å². The highest BCUT2D eigenvalue weighted by molar-refractivity contribution is 5.81. The first-order chi connectivity index (χ1) is 14.5. The van der Waals surface area contributed by atoms with E-state index in [0.717, 1.165) is 40.0 Å². The van der Waals surface area contributed by atoms with Crippen molar-refractivity contribution >= 4 is 29.8 Å². The normalized spacial score (nSPS) is 25.3. The number of ether oxygens (including phenoxy) is 7. The van der Waals surface area contributed by atoms with E-state index in [2.05, 4.69) is 0 Å². The monoisotopic (exact) mass is 446 g/mol. The standard InChI is InChI=1S/C19H26O12/c1-6-25-15(24)7-8-26-19-18(30-13(5)23)17(29-12(4)22)16(28-11(3)21)14(31-19)9-27-10(2)20/h7-8,14,16-19H,6,9H2,1-5H3/b8-7+/t14-,16-,17+,18-,19-/m1/s1. The van der Waals surface area contributed by atoms with Gasteiger partial charge in [-0.1, -0.05) is 0 Å². The summed E-state index contributed by atoms with van der Waals surface area (Å²) in [6.45, 7) is 5.84. The second kappa shape index (κ2) is 12.5. The molecular weight excluding hydrogens is 420 g/mol. The Balaban J connectivity index is 3.26. The number of rotatable bonds is 9. The lowest BCUT2D eigenvalue weighted by Crippen LogP contribution is -2.62. The van der Waals surface area contributed by atoms with Crippen LogP contribution in [0.3, 0.4) is 0 Å². The Morgan fingerprint density at radius 1 is 0.774 bits per heavy atom. The molecule has 0 bridgehead atoms. The molecule has 12 heteroatoms. The average Bonchev–Trinajstić information content (AvgIpc) is 2.63. The van der Waals surface area contributed by atoms with Crippen LogP contribution >= 0.6 is 0 Å². The van der Waals surface area contributed by atoms with Crippen molar-refractivity contribution in [2.75, 3.05) is 13.2 Å². The van der Waals surface area contributed by atoms with Crippen LogP contribution in [0, 0.1) is 0 Å². The fourth-order valence-electron chi connectivity index (χ4n) is 2.66. The van der Waals surface area contributed by atoms with Gasteiger partial charge in [0, 0.05) is 27.7 Å². The maximum Gasteiger partial charge on any atom is 0.333 e. The topological polar surface area (TPSA) is 150 Å². The molecule has 0 aliphatic carbocycles. The van der Waals surface area contributed by atoms with E-state index in [4.69, 9.17) is 33.2 Å².